The molecule has 1 aromatic heterocycles. The van der Waals surface area contributed by atoms with Gasteiger partial charge in [0.2, 0.25) is 11.5 Å². The van der Waals surface area contributed by atoms with Gasteiger partial charge in [-0.2, -0.15) is 13.2 Å². The number of rotatable bonds is 5. The molecule has 1 fully saturated rings. The Bertz CT molecular complexity index is 568. The third-order valence-electron chi connectivity index (χ3n) is 4.28. The van der Waals surface area contributed by atoms with Gasteiger partial charge in [0.25, 0.3) is 0 Å². The Morgan fingerprint density at radius 2 is 2.14 bits per heavy atom. The molecule has 1 heterocycles. The Hall–Kier alpha value is -1.57. The molecule has 0 saturated heterocycles. The van der Waals surface area contributed by atoms with Crippen LogP contribution in [-0.2, 0) is 17.4 Å². The number of nitrogens with one attached hydrogen (secondary N) is 1. The summed E-state index contributed by atoms with van der Waals surface area (Å²) in [6, 6.07) is 0. The normalized spacial score (nSPS) is 23.0. The second-order valence-electron chi connectivity index (χ2n) is 6.51. The fourth-order valence-electron chi connectivity index (χ4n) is 2.55. The van der Waals surface area contributed by atoms with Crippen LogP contribution in [0.1, 0.15) is 32.5 Å². The monoisotopic (exact) mass is 319 g/mol. The number of hydrogen-bond donors (Lipinski definition) is 2. The van der Waals surface area contributed by atoms with Gasteiger partial charge in [-0.1, -0.05) is 13.8 Å². The van der Waals surface area contributed by atoms with E-state index in [1.165, 1.54) is 19.4 Å². The summed E-state index contributed by atoms with van der Waals surface area (Å²) in [7, 11) is 1.38. The lowest BCUT2D eigenvalue weighted by molar-refractivity contribution is -0.272. The number of nitrogens with zero attached hydrogens (tertiary/aromatic N) is 2. The Morgan fingerprint density at radius 3 is 2.55 bits per heavy atom. The molecule has 22 heavy (non-hydrogen) atoms. The summed E-state index contributed by atoms with van der Waals surface area (Å²) in [5.74, 6) is -0.921. The van der Waals surface area contributed by atoms with Crippen molar-refractivity contribution in [3.8, 4) is 0 Å². The molecule has 0 aromatic carbocycles. The van der Waals surface area contributed by atoms with E-state index in [1.54, 1.807) is 0 Å². The number of amides is 1. The zero-order valence-electron chi connectivity index (χ0n) is 12.7. The number of imidazole rings is 1. The lowest BCUT2D eigenvalue weighted by Crippen LogP contribution is -2.46. The molecule has 1 amide bonds. The van der Waals surface area contributed by atoms with E-state index < -0.39 is 24.0 Å². The fraction of sp³-hybridized carbons (Fsp3) is 0.714. The Kier molecular flexibility index (Phi) is 4.01. The second-order valence-corrected chi connectivity index (χ2v) is 6.51. The van der Waals surface area contributed by atoms with Crippen LogP contribution in [0.2, 0.25) is 0 Å². The van der Waals surface area contributed by atoms with Crippen LogP contribution < -0.4 is 5.32 Å². The molecule has 8 heteroatoms. The molecule has 1 aliphatic carbocycles. The maximum atomic E-state index is 13.2. The molecular formula is C14H20F3N3O2. The zero-order chi connectivity index (χ0) is 16.8. The molecule has 0 aliphatic heterocycles. The first kappa shape index (κ1) is 16.8. The van der Waals surface area contributed by atoms with Gasteiger partial charge in [-0.15, -0.1) is 0 Å². The van der Waals surface area contributed by atoms with Crippen molar-refractivity contribution in [1.82, 2.24) is 14.9 Å². The average molecular weight is 319 g/mol. The minimum atomic E-state index is -4.88. The van der Waals surface area contributed by atoms with Crippen LogP contribution in [-0.4, -0.2) is 33.3 Å². The Labute approximate surface area is 126 Å². The summed E-state index contributed by atoms with van der Waals surface area (Å²) >= 11 is 0. The van der Waals surface area contributed by atoms with Crippen LogP contribution >= 0.6 is 0 Å². The number of hydrogen-bond acceptors (Lipinski definition) is 3. The largest absolute Gasteiger partial charge is 0.424 e. The summed E-state index contributed by atoms with van der Waals surface area (Å²) in [5, 5.41) is 12.6. The maximum absolute atomic E-state index is 13.2. The van der Waals surface area contributed by atoms with Crippen LogP contribution in [0.3, 0.4) is 0 Å². The van der Waals surface area contributed by atoms with Gasteiger partial charge in [-0.3, -0.25) is 4.79 Å². The van der Waals surface area contributed by atoms with E-state index in [9.17, 15) is 23.1 Å². The highest BCUT2D eigenvalue weighted by molar-refractivity contribution is 5.82. The summed E-state index contributed by atoms with van der Waals surface area (Å²) in [4.78, 5) is 15.4. The van der Waals surface area contributed by atoms with Crippen molar-refractivity contribution in [2.75, 3.05) is 6.54 Å². The van der Waals surface area contributed by atoms with E-state index >= 15 is 0 Å². The molecule has 2 rings (SSSR count). The van der Waals surface area contributed by atoms with Crippen molar-refractivity contribution in [3.05, 3.63) is 18.2 Å². The first-order chi connectivity index (χ1) is 9.99. The van der Waals surface area contributed by atoms with Gasteiger partial charge in [0.05, 0.1) is 0 Å². The van der Waals surface area contributed by atoms with Crippen LogP contribution in [0.25, 0.3) is 0 Å². The van der Waals surface area contributed by atoms with Crippen molar-refractivity contribution < 1.29 is 23.1 Å². The van der Waals surface area contributed by atoms with Gasteiger partial charge >= 0.3 is 6.18 Å². The van der Waals surface area contributed by atoms with E-state index in [1.807, 2.05) is 13.8 Å². The van der Waals surface area contributed by atoms with Crippen LogP contribution in [0.5, 0.6) is 0 Å². The summed E-state index contributed by atoms with van der Waals surface area (Å²) in [6.07, 6.45) is -2.31. The van der Waals surface area contributed by atoms with Gasteiger partial charge in [-0.05, 0) is 11.8 Å². The molecule has 1 aromatic rings. The molecule has 0 bridgehead atoms. The van der Waals surface area contributed by atoms with Gasteiger partial charge in [-0.25, -0.2) is 4.98 Å². The number of carbonyl (C=O) groups is 1. The first-order valence-electron chi connectivity index (χ1n) is 7.04. The average Bonchev–Trinajstić information content (AvgIpc) is 2.79. The molecule has 5 nitrogen and oxygen atoms in total. The smallest absolute Gasteiger partial charge is 0.374 e. The molecule has 124 valence electrons. The molecule has 1 unspecified atom stereocenters. The van der Waals surface area contributed by atoms with Gasteiger partial charge in [0.15, 0.2) is 0 Å². The Morgan fingerprint density at radius 1 is 1.55 bits per heavy atom. The van der Waals surface area contributed by atoms with Gasteiger partial charge in [0.1, 0.15) is 5.82 Å². The number of aromatic nitrogens is 2. The van der Waals surface area contributed by atoms with Crippen molar-refractivity contribution in [2.24, 2.45) is 18.4 Å². The SMILES string of the molecule is Cn1ccnc1C(O)(CCNC(=O)[C@H]1CC1(C)C)C(F)(F)F. The molecule has 1 aliphatic rings. The Balaban J connectivity index is 2.03. The van der Waals surface area contributed by atoms with Crippen LogP contribution in [0, 0.1) is 11.3 Å². The van der Waals surface area contributed by atoms with Gasteiger partial charge < -0.3 is 15.0 Å². The van der Waals surface area contributed by atoms with E-state index in [2.05, 4.69) is 10.3 Å². The highest BCUT2D eigenvalue weighted by Crippen LogP contribution is 2.51. The van der Waals surface area contributed by atoms with Gasteiger partial charge in [0, 0.05) is 38.3 Å². The fourth-order valence-corrected chi connectivity index (χ4v) is 2.55. The third-order valence-corrected chi connectivity index (χ3v) is 4.28. The molecular weight excluding hydrogens is 299 g/mol. The third kappa shape index (κ3) is 2.97. The highest BCUT2D eigenvalue weighted by Gasteiger charge is 2.57. The molecule has 0 radical (unpaired) electrons. The summed E-state index contributed by atoms with van der Waals surface area (Å²) in [6.45, 7) is 3.59. The lowest BCUT2D eigenvalue weighted by Gasteiger charge is -2.30. The van der Waals surface area contributed by atoms with E-state index in [0.717, 1.165) is 11.0 Å². The maximum Gasteiger partial charge on any atom is 0.424 e. The minimum Gasteiger partial charge on any atom is -0.374 e. The number of aliphatic hydroxyl groups is 1. The second kappa shape index (κ2) is 5.26. The molecule has 0 spiro atoms. The lowest BCUT2D eigenvalue weighted by atomic mass is 9.97. The summed E-state index contributed by atoms with van der Waals surface area (Å²) < 4.78 is 40.9. The molecule has 2 atom stereocenters. The van der Waals surface area contributed by atoms with Crippen molar-refractivity contribution in [2.45, 2.75) is 38.5 Å². The van der Waals surface area contributed by atoms with Crippen molar-refractivity contribution >= 4 is 5.91 Å². The number of alkyl halides is 3. The van der Waals surface area contributed by atoms with E-state index in [-0.39, 0.29) is 23.8 Å². The number of halogens is 3. The quantitative estimate of drug-likeness (QED) is 0.868. The summed E-state index contributed by atoms with van der Waals surface area (Å²) in [5.41, 5.74) is -3.18. The minimum absolute atomic E-state index is 0.0932. The number of aryl methyl sites for hydroxylation is 1. The van der Waals surface area contributed by atoms with Crippen molar-refractivity contribution in [3.63, 3.8) is 0 Å². The number of carbonyl (C=O) groups excluding carboxylic acids is 1. The zero-order valence-corrected chi connectivity index (χ0v) is 12.7. The molecule has 1 saturated carbocycles. The standard InChI is InChI=1S/C14H20F3N3O2/c1-12(2)8-9(12)10(21)18-5-4-13(22,14(15,16)17)11-19-6-7-20(11)3/h6-7,9,22H,4-5,8H2,1-3H3,(H,18,21)/t9-,13?/m1/s1. The predicted octanol–water partition coefficient (Wildman–Crippen LogP) is 1.72. The van der Waals surface area contributed by atoms with E-state index in [0.29, 0.717) is 0 Å². The first-order valence-corrected chi connectivity index (χ1v) is 7.04. The topological polar surface area (TPSA) is 67.2 Å². The van der Waals surface area contributed by atoms with Crippen LogP contribution in [0.4, 0.5) is 13.2 Å². The van der Waals surface area contributed by atoms with Crippen LogP contribution in [0.15, 0.2) is 12.4 Å². The predicted molar refractivity (Wildman–Crippen MR) is 72.7 cm³/mol. The molecule has 2 N–H and O–H groups in total. The highest BCUT2D eigenvalue weighted by atomic mass is 19.4. The van der Waals surface area contributed by atoms with E-state index in [4.69, 9.17) is 0 Å². The van der Waals surface area contributed by atoms with Crippen molar-refractivity contribution in [1.29, 1.82) is 0 Å².